The van der Waals surface area contributed by atoms with Crippen LogP contribution in [0, 0.1) is 0 Å². The van der Waals surface area contributed by atoms with Gasteiger partial charge in [-0.2, -0.15) is 0 Å². The number of rotatable bonds is 6. The maximum absolute atomic E-state index is 12.8. The van der Waals surface area contributed by atoms with Gasteiger partial charge >= 0.3 is 0 Å². The lowest BCUT2D eigenvalue weighted by molar-refractivity contribution is 0.319. The van der Waals surface area contributed by atoms with Crippen LogP contribution in [0.4, 0.5) is 0 Å². The third kappa shape index (κ3) is 3.49. The monoisotopic (exact) mass is 371 g/mol. The Kier molecular flexibility index (Phi) is 5.66. The van der Waals surface area contributed by atoms with Gasteiger partial charge in [0, 0.05) is 23.4 Å². The molecule has 3 aromatic rings. The molecule has 26 heavy (non-hydrogen) atoms. The van der Waals surface area contributed by atoms with Crippen molar-refractivity contribution in [1.82, 2.24) is 4.57 Å². The Hall–Kier alpha value is -2.28. The lowest BCUT2D eigenvalue weighted by atomic mass is 9.97. The molecule has 1 aromatic heterocycles. The van der Waals surface area contributed by atoms with E-state index in [4.69, 9.17) is 9.84 Å². The number of benzene rings is 2. The van der Waals surface area contributed by atoms with Gasteiger partial charge in [0.05, 0.1) is 19.4 Å². The van der Waals surface area contributed by atoms with Crippen molar-refractivity contribution in [1.29, 1.82) is 0 Å². The maximum Gasteiger partial charge on any atom is 0.258 e. The first-order valence-corrected chi connectivity index (χ1v) is 9.76. The van der Waals surface area contributed by atoms with Crippen LogP contribution in [0.5, 0.6) is 5.75 Å². The summed E-state index contributed by atoms with van der Waals surface area (Å²) in [6.45, 7) is -0.150. The van der Waals surface area contributed by atoms with Gasteiger partial charge in [-0.3, -0.25) is 4.79 Å². The average Bonchev–Trinajstić information content (AvgIpc) is 2.66. The van der Waals surface area contributed by atoms with Crippen molar-refractivity contribution in [2.75, 3.05) is 19.5 Å². The normalized spacial score (nSPS) is 12.3. The van der Waals surface area contributed by atoms with E-state index < -0.39 is 11.2 Å². The van der Waals surface area contributed by atoms with Crippen molar-refractivity contribution in [2.45, 2.75) is 5.75 Å². The number of fused-ring (bicyclic) bond motifs is 1. The number of hydrogen-bond acceptors (Lipinski definition) is 4. The predicted octanol–water partition coefficient (Wildman–Crippen LogP) is 2.46. The molecule has 0 radical (unpaired) electrons. The topological polar surface area (TPSA) is 74.5 Å². The fraction of sp³-hybridized carbons (Fsp3) is 0.250. The van der Waals surface area contributed by atoms with Crippen LogP contribution in [0.2, 0.25) is 0 Å². The van der Waals surface area contributed by atoms with Crippen LogP contribution in [0.3, 0.4) is 0 Å². The molecule has 2 aromatic carbocycles. The zero-order chi connectivity index (χ0) is 18.7. The molecule has 0 bridgehead atoms. The van der Waals surface area contributed by atoms with Gasteiger partial charge in [0.2, 0.25) is 0 Å². The number of methoxy groups -OCH3 is 1. The van der Waals surface area contributed by atoms with E-state index in [1.54, 1.807) is 30.9 Å². The van der Waals surface area contributed by atoms with Crippen LogP contribution in [-0.2, 0) is 24.0 Å². The van der Waals surface area contributed by atoms with Gasteiger partial charge in [0.25, 0.3) is 5.56 Å². The van der Waals surface area contributed by atoms with Crippen molar-refractivity contribution in [3.8, 4) is 16.9 Å². The van der Waals surface area contributed by atoms with E-state index in [-0.39, 0.29) is 23.7 Å². The first-order chi connectivity index (χ1) is 12.6. The molecule has 3 rings (SSSR count). The number of nitrogens with zero attached hydrogens (tertiary/aromatic N) is 1. The predicted molar refractivity (Wildman–Crippen MR) is 105 cm³/mol. The third-order valence-electron chi connectivity index (χ3n) is 4.40. The van der Waals surface area contributed by atoms with Crippen LogP contribution in [0.1, 0.15) is 5.69 Å². The summed E-state index contributed by atoms with van der Waals surface area (Å²) in [6.07, 6.45) is 0. The summed E-state index contributed by atoms with van der Waals surface area (Å²) in [5.41, 5.74) is 2.36. The Morgan fingerprint density at radius 3 is 2.54 bits per heavy atom. The van der Waals surface area contributed by atoms with Crippen molar-refractivity contribution in [3.05, 3.63) is 64.6 Å². The van der Waals surface area contributed by atoms with Gasteiger partial charge < -0.3 is 19.0 Å². The summed E-state index contributed by atoms with van der Waals surface area (Å²) >= 11 is -1.26. The number of aliphatic hydroxyl groups is 1. The highest BCUT2D eigenvalue weighted by molar-refractivity contribution is 7.90. The molecule has 0 aliphatic rings. The number of aromatic nitrogens is 1. The second-order valence-corrected chi connectivity index (χ2v) is 7.55. The summed E-state index contributed by atoms with van der Waals surface area (Å²) in [6, 6.07) is 15.1. The van der Waals surface area contributed by atoms with E-state index in [1.807, 2.05) is 36.4 Å². The summed E-state index contributed by atoms with van der Waals surface area (Å²) in [7, 11) is 3.28. The van der Waals surface area contributed by atoms with Gasteiger partial charge in [-0.1, -0.05) is 30.3 Å². The largest absolute Gasteiger partial charge is 0.616 e. The third-order valence-corrected chi connectivity index (χ3v) is 5.64. The highest BCUT2D eigenvalue weighted by atomic mass is 32.2. The van der Waals surface area contributed by atoms with Crippen LogP contribution in [0.15, 0.2) is 53.3 Å². The highest BCUT2D eigenvalue weighted by Crippen LogP contribution is 2.33. The standard InChI is InChI=1S/C20H21NO4S/c1-21-18(13-26(24)11-10-22)19(14-6-4-3-5-7-14)17-12-15(25-2)8-9-16(17)20(21)23/h3-9,12,22H,10-11,13H2,1-2H3. The van der Waals surface area contributed by atoms with Gasteiger partial charge in [-0.15, -0.1) is 0 Å². The molecule has 1 heterocycles. The number of hydrogen-bond donors (Lipinski definition) is 1. The minimum atomic E-state index is -1.26. The highest BCUT2D eigenvalue weighted by Gasteiger charge is 2.20. The zero-order valence-electron chi connectivity index (χ0n) is 14.8. The second kappa shape index (κ2) is 7.95. The Morgan fingerprint density at radius 1 is 1.15 bits per heavy atom. The van der Waals surface area contributed by atoms with Gasteiger partial charge in [-0.25, -0.2) is 0 Å². The fourth-order valence-corrected chi connectivity index (χ4v) is 4.08. The summed E-state index contributed by atoms with van der Waals surface area (Å²) < 4.78 is 19.2. The average molecular weight is 371 g/mol. The Bertz CT molecular complexity index is 969. The molecule has 0 amide bonds. The van der Waals surface area contributed by atoms with E-state index in [9.17, 15) is 9.35 Å². The maximum atomic E-state index is 12.8. The minimum Gasteiger partial charge on any atom is -0.616 e. The molecule has 0 spiro atoms. The number of ether oxygens (including phenoxy) is 1. The molecule has 1 unspecified atom stereocenters. The molecule has 0 aliphatic carbocycles. The second-order valence-electron chi connectivity index (χ2n) is 5.98. The van der Waals surface area contributed by atoms with E-state index in [0.29, 0.717) is 16.8 Å². The smallest absolute Gasteiger partial charge is 0.258 e. The van der Waals surface area contributed by atoms with E-state index in [2.05, 4.69) is 0 Å². The SMILES string of the molecule is COc1ccc2c(=O)n(C)c(C[S+]([O-])CCO)c(-c3ccccc3)c2c1. The van der Waals surface area contributed by atoms with Crippen molar-refractivity contribution >= 4 is 21.9 Å². The van der Waals surface area contributed by atoms with Crippen LogP contribution in [0.25, 0.3) is 21.9 Å². The Labute approximate surface area is 155 Å². The molecule has 0 fully saturated rings. The van der Waals surface area contributed by atoms with Gasteiger partial charge in [0.1, 0.15) is 17.3 Å². The van der Waals surface area contributed by atoms with Crippen LogP contribution in [-0.4, -0.2) is 33.7 Å². The van der Waals surface area contributed by atoms with Crippen LogP contribution < -0.4 is 10.3 Å². The van der Waals surface area contributed by atoms with Gasteiger partial charge in [0.15, 0.2) is 0 Å². The molecule has 1 atom stereocenters. The minimum absolute atomic E-state index is 0.140. The Balaban J connectivity index is 2.36. The number of aliphatic hydroxyl groups excluding tert-OH is 1. The van der Waals surface area contributed by atoms with Crippen molar-refractivity contribution in [3.63, 3.8) is 0 Å². The van der Waals surface area contributed by atoms with Crippen molar-refractivity contribution < 1.29 is 14.4 Å². The molecule has 0 saturated carbocycles. The van der Waals surface area contributed by atoms with E-state index >= 15 is 0 Å². The summed E-state index contributed by atoms with van der Waals surface area (Å²) in [5, 5.41) is 10.4. The number of pyridine rings is 1. The quantitative estimate of drug-likeness (QED) is 0.676. The lowest BCUT2D eigenvalue weighted by Crippen LogP contribution is -2.25. The molecule has 136 valence electrons. The first-order valence-electron chi connectivity index (χ1n) is 8.27. The zero-order valence-corrected chi connectivity index (χ0v) is 15.6. The molecule has 0 saturated heterocycles. The van der Waals surface area contributed by atoms with E-state index in [1.165, 1.54) is 0 Å². The van der Waals surface area contributed by atoms with Crippen molar-refractivity contribution in [2.24, 2.45) is 7.05 Å². The first kappa shape index (κ1) is 18.5. The molecule has 6 heteroatoms. The fourth-order valence-electron chi connectivity index (χ4n) is 3.09. The molecule has 5 nitrogen and oxygen atoms in total. The summed E-state index contributed by atoms with van der Waals surface area (Å²) in [4.78, 5) is 12.8. The lowest BCUT2D eigenvalue weighted by Gasteiger charge is -2.19. The van der Waals surface area contributed by atoms with Crippen LogP contribution >= 0.6 is 0 Å². The molecule has 1 N–H and O–H groups in total. The molecular weight excluding hydrogens is 350 g/mol. The molecular formula is C20H21NO4S. The van der Waals surface area contributed by atoms with E-state index in [0.717, 1.165) is 16.5 Å². The Morgan fingerprint density at radius 2 is 1.88 bits per heavy atom. The van der Waals surface area contributed by atoms with Gasteiger partial charge in [-0.05, 0) is 34.9 Å². The molecule has 0 aliphatic heterocycles. The summed E-state index contributed by atoms with van der Waals surface area (Å²) in [5.74, 6) is 1.03.